The standard InChI is InChI=1S/C11H18FN3O/c1-2-15(7-5-13)8-9-16-10-4-3-6-14-11(10)12/h3-4,6H,2,5,7-9,13H2,1H3/i12-1. The van der Waals surface area contributed by atoms with E-state index in [1.54, 1.807) is 12.1 Å². The predicted molar refractivity (Wildman–Crippen MR) is 60.9 cm³/mol. The molecule has 16 heavy (non-hydrogen) atoms. The number of aromatic nitrogens is 1. The smallest absolute Gasteiger partial charge is 0.255 e. The van der Waals surface area contributed by atoms with E-state index in [1.807, 2.05) is 0 Å². The fourth-order valence-electron chi connectivity index (χ4n) is 1.37. The highest BCUT2D eigenvalue weighted by molar-refractivity contribution is 5.17. The third-order valence-electron chi connectivity index (χ3n) is 2.28. The van der Waals surface area contributed by atoms with Crippen molar-refractivity contribution < 1.29 is 9.13 Å². The maximum atomic E-state index is 13.1. The average molecular weight is 226 g/mol. The third-order valence-corrected chi connectivity index (χ3v) is 2.28. The first-order valence-electron chi connectivity index (χ1n) is 5.43. The molecule has 0 spiro atoms. The van der Waals surface area contributed by atoms with Crippen molar-refractivity contribution in [3.05, 3.63) is 24.3 Å². The number of hydrogen-bond donors (Lipinski definition) is 1. The molecular formula is C11H18FN3O. The summed E-state index contributed by atoms with van der Waals surface area (Å²) >= 11 is 0. The second-order valence-corrected chi connectivity index (χ2v) is 3.36. The van der Waals surface area contributed by atoms with Crippen molar-refractivity contribution in [3.63, 3.8) is 0 Å². The van der Waals surface area contributed by atoms with Gasteiger partial charge in [0.1, 0.15) is 6.61 Å². The molecule has 1 rings (SSSR count). The van der Waals surface area contributed by atoms with E-state index in [1.165, 1.54) is 6.20 Å². The highest BCUT2D eigenvalue weighted by Gasteiger charge is 2.04. The van der Waals surface area contributed by atoms with Crippen molar-refractivity contribution >= 4 is 0 Å². The Morgan fingerprint density at radius 2 is 2.31 bits per heavy atom. The van der Waals surface area contributed by atoms with Crippen LogP contribution in [0.25, 0.3) is 0 Å². The Labute approximate surface area is 95.2 Å². The zero-order chi connectivity index (χ0) is 11.8. The summed E-state index contributed by atoms with van der Waals surface area (Å²) in [5.41, 5.74) is 5.46. The lowest BCUT2D eigenvalue weighted by Gasteiger charge is -2.19. The van der Waals surface area contributed by atoms with Gasteiger partial charge in [-0.3, -0.25) is 4.90 Å². The minimum atomic E-state index is -0.565. The van der Waals surface area contributed by atoms with Gasteiger partial charge in [0.15, 0.2) is 5.75 Å². The molecule has 1 aromatic rings. The summed E-state index contributed by atoms with van der Waals surface area (Å²) in [6.45, 7) is 5.60. The molecule has 0 atom stereocenters. The van der Waals surface area contributed by atoms with E-state index < -0.39 is 5.95 Å². The first kappa shape index (κ1) is 12.9. The van der Waals surface area contributed by atoms with Crippen molar-refractivity contribution in [3.8, 4) is 5.75 Å². The zero-order valence-corrected chi connectivity index (χ0v) is 9.53. The van der Waals surface area contributed by atoms with E-state index >= 15 is 0 Å². The van der Waals surface area contributed by atoms with Crippen LogP contribution in [0.5, 0.6) is 5.75 Å². The van der Waals surface area contributed by atoms with E-state index in [0.29, 0.717) is 13.2 Å². The first-order chi connectivity index (χ1) is 7.77. The van der Waals surface area contributed by atoms with Crippen LogP contribution in [0.4, 0.5) is 4.39 Å². The second-order valence-electron chi connectivity index (χ2n) is 3.36. The number of likely N-dealkylation sites (N-methyl/N-ethyl adjacent to an activating group) is 1. The lowest BCUT2D eigenvalue weighted by Crippen LogP contribution is -2.32. The van der Waals surface area contributed by atoms with E-state index in [0.717, 1.165) is 19.6 Å². The molecule has 0 aromatic carbocycles. The minimum absolute atomic E-state index is 0.200. The predicted octanol–water partition coefficient (Wildman–Crippen LogP) is 0.880. The summed E-state index contributed by atoms with van der Waals surface area (Å²) in [6, 6.07) is 3.22. The number of nitrogens with zero attached hydrogens (tertiary/aromatic N) is 2. The van der Waals surface area contributed by atoms with Gasteiger partial charge in [-0.05, 0) is 18.7 Å². The molecule has 90 valence electrons. The number of ether oxygens (including phenoxy) is 1. The molecule has 0 aliphatic heterocycles. The van der Waals surface area contributed by atoms with Gasteiger partial charge in [-0.2, -0.15) is 4.39 Å². The molecule has 0 fully saturated rings. The summed E-state index contributed by atoms with van der Waals surface area (Å²) in [5, 5.41) is 0. The number of rotatable bonds is 7. The van der Waals surface area contributed by atoms with Crippen molar-refractivity contribution in [2.45, 2.75) is 6.92 Å². The average Bonchev–Trinajstić information content (AvgIpc) is 2.30. The van der Waals surface area contributed by atoms with Crippen LogP contribution < -0.4 is 10.5 Å². The summed E-state index contributed by atoms with van der Waals surface area (Å²) < 4.78 is 18.4. The van der Waals surface area contributed by atoms with Crippen LogP contribution in [-0.4, -0.2) is 42.7 Å². The molecule has 0 aliphatic rings. The van der Waals surface area contributed by atoms with Crippen LogP contribution in [0.2, 0.25) is 0 Å². The normalized spacial score (nSPS) is 10.8. The third kappa shape index (κ3) is 4.12. The number of pyridine rings is 1. The maximum Gasteiger partial charge on any atom is 0.255 e. The second kappa shape index (κ2) is 7.14. The Morgan fingerprint density at radius 1 is 1.50 bits per heavy atom. The van der Waals surface area contributed by atoms with Crippen LogP contribution in [0.15, 0.2) is 18.3 Å². The van der Waals surface area contributed by atoms with Gasteiger partial charge in [0.05, 0.1) is 0 Å². The van der Waals surface area contributed by atoms with E-state index in [4.69, 9.17) is 10.5 Å². The van der Waals surface area contributed by atoms with Crippen molar-refractivity contribution in [2.24, 2.45) is 5.73 Å². The van der Waals surface area contributed by atoms with E-state index in [2.05, 4.69) is 16.8 Å². The highest BCUT2D eigenvalue weighted by atomic mass is 18.2. The van der Waals surface area contributed by atoms with Gasteiger partial charge in [0, 0.05) is 25.8 Å². The van der Waals surface area contributed by atoms with Crippen molar-refractivity contribution in [1.82, 2.24) is 9.88 Å². The minimum Gasteiger partial charge on any atom is -0.487 e. The van der Waals surface area contributed by atoms with Crippen LogP contribution in [-0.2, 0) is 0 Å². The van der Waals surface area contributed by atoms with Gasteiger partial charge in [0.25, 0.3) is 5.95 Å². The maximum absolute atomic E-state index is 13.1. The monoisotopic (exact) mass is 226 g/mol. The zero-order valence-electron chi connectivity index (χ0n) is 9.53. The molecule has 5 heteroatoms. The summed E-state index contributed by atoms with van der Waals surface area (Å²) in [5.74, 6) is -0.365. The Balaban J connectivity index is 2.32. The molecule has 0 amide bonds. The first-order valence-corrected chi connectivity index (χ1v) is 5.43. The van der Waals surface area contributed by atoms with Gasteiger partial charge in [-0.1, -0.05) is 6.92 Å². The van der Waals surface area contributed by atoms with Gasteiger partial charge in [-0.15, -0.1) is 0 Å². The van der Waals surface area contributed by atoms with Gasteiger partial charge >= 0.3 is 0 Å². The molecule has 0 bridgehead atoms. The quantitative estimate of drug-likeness (QED) is 0.701. The molecule has 0 radical (unpaired) electrons. The lowest BCUT2D eigenvalue weighted by atomic mass is 10.4. The molecule has 1 aromatic heterocycles. The van der Waals surface area contributed by atoms with Crippen LogP contribution >= 0.6 is 0 Å². The summed E-state index contributed by atoms with van der Waals surface area (Å²) in [7, 11) is 0. The SMILES string of the molecule is CCN(CCN)CCOc1cccnc1[18F]. The van der Waals surface area contributed by atoms with Crippen molar-refractivity contribution in [2.75, 3.05) is 32.8 Å². The molecule has 4 nitrogen and oxygen atoms in total. The topological polar surface area (TPSA) is 51.4 Å². The van der Waals surface area contributed by atoms with Gasteiger partial charge in [0.2, 0.25) is 0 Å². The molecule has 0 unspecified atom stereocenters. The fraction of sp³-hybridized carbons (Fsp3) is 0.545. The van der Waals surface area contributed by atoms with Crippen LogP contribution in [0.3, 0.4) is 0 Å². The Bertz CT molecular complexity index is 309. The number of hydrogen-bond acceptors (Lipinski definition) is 4. The van der Waals surface area contributed by atoms with Gasteiger partial charge < -0.3 is 10.5 Å². The molecule has 0 aliphatic carbocycles. The summed E-state index contributed by atoms with van der Waals surface area (Å²) in [6.07, 6.45) is 1.40. The van der Waals surface area contributed by atoms with E-state index in [-0.39, 0.29) is 5.75 Å². The fourth-order valence-corrected chi connectivity index (χ4v) is 1.37. The number of halogens is 1. The Hall–Kier alpha value is -1.20. The molecule has 0 saturated heterocycles. The van der Waals surface area contributed by atoms with Gasteiger partial charge in [-0.25, -0.2) is 4.98 Å². The molecular weight excluding hydrogens is 208 g/mol. The molecule has 1 heterocycles. The largest absolute Gasteiger partial charge is 0.487 e. The molecule has 0 saturated carbocycles. The number of nitrogens with two attached hydrogens (primary N) is 1. The molecule has 2 N–H and O–H groups in total. The lowest BCUT2D eigenvalue weighted by molar-refractivity contribution is 0.213. The van der Waals surface area contributed by atoms with Crippen LogP contribution in [0, 0.1) is 5.95 Å². The van der Waals surface area contributed by atoms with Crippen molar-refractivity contribution in [1.29, 1.82) is 0 Å². The Morgan fingerprint density at radius 3 is 2.94 bits per heavy atom. The Kier molecular flexibility index (Phi) is 5.74. The van der Waals surface area contributed by atoms with Crippen LogP contribution in [0.1, 0.15) is 6.92 Å². The summed E-state index contributed by atoms with van der Waals surface area (Å²) in [4.78, 5) is 5.66. The van der Waals surface area contributed by atoms with E-state index in [9.17, 15) is 4.39 Å². The highest BCUT2D eigenvalue weighted by Crippen LogP contribution is 2.12.